The maximum Gasteiger partial charge on any atom is -0.0184 e. The van der Waals surface area contributed by atoms with Crippen molar-refractivity contribution in [2.24, 2.45) is 0 Å². The molecule has 0 heterocycles. The van der Waals surface area contributed by atoms with E-state index in [1.54, 1.807) is 0 Å². The zero-order chi connectivity index (χ0) is 35.0. The van der Waals surface area contributed by atoms with E-state index in [4.69, 9.17) is 17.0 Å². The number of hydrogen-bond acceptors (Lipinski definition) is 0. The largest absolute Gasteiger partial charge is 0.165 e. The van der Waals surface area contributed by atoms with Crippen molar-refractivity contribution in [2.75, 3.05) is 0 Å². The molecule has 8 rings (SSSR count). The zero-order valence-corrected chi connectivity index (χ0v) is 33.9. The third-order valence-corrected chi connectivity index (χ3v) is 28.5. The molecule has 0 saturated carbocycles. The molecule has 248 valence electrons. The minimum Gasteiger partial charge on any atom is -0.165 e. The second kappa shape index (κ2) is 17.0. The quantitative estimate of drug-likeness (QED) is 0.123. The van der Waals surface area contributed by atoms with Crippen LogP contribution in [0.1, 0.15) is 11.1 Å². The van der Waals surface area contributed by atoms with Crippen LogP contribution < -0.4 is 0 Å². The van der Waals surface area contributed by atoms with Crippen molar-refractivity contribution < 1.29 is 18.0 Å². The molecule has 0 aromatic heterocycles. The van der Waals surface area contributed by atoms with Crippen LogP contribution in [0.2, 0.25) is 13.1 Å². The average molecular weight is 783 g/mol. The molecule has 0 N–H and O–H groups in total. The minimum atomic E-state index is -1.65. The molecule has 0 aliphatic carbocycles. The predicted molar refractivity (Wildman–Crippen MR) is 219 cm³/mol. The van der Waals surface area contributed by atoms with Crippen molar-refractivity contribution in [3.63, 3.8) is 0 Å². The van der Waals surface area contributed by atoms with Crippen LogP contribution in [0.5, 0.6) is 0 Å². The molecule has 8 aromatic rings. The first-order valence-corrected chi connectivity index (χ1v) is 29.4. The summed E-state index contributed by atoms with van der Waals surface area (Å²) in [4.78, 5) is 0. The molecule has 0 aliphatic rings. The van der Waals surface area contributed by atoms with E-state index < -0.39 is 18.0 Å². The van der Waals surface area contributed by atoms with E-state index in [1.807, 2.05) is 0 Å². The Balaban J connectivity index is 0.000000149. The van der Waals surface area contributed by atoms with Crippen molar-refractivity contribution in [1.82, 2.24) is 0 Å². The van der Waals surface area contributed by atoms with Gasteiger partial charge in [0.1, 0.15) is 0 Å². The zero-order valence-electron chi connectivity index (χ0n) is 28.9. The predicted octanol–water partition coefficient (Wildman–Crippen LogP) is 14.6. The maximum atomic E-state index is 5.62. The molecule has 0 unspecified atom stereocenters. The Morgan fingerprint density at radius 3 is 1.08 bits per heavy atom. The SMILES string of the molecule is C[Si](C)=[Zr]([Cl])[Cl].Cc1cc2c(-c3ccc(-c4ccccc4)cc3)cccc2[cH-]1.Cc1cc2c(-c3ccc(-c4ccccc4)cc3)cccc2[cH-]1. The molecule has 0 aliphatic heterocycles. The molecule has 0 saturated heterocycles. The second-order valence-corrected chi connectivity index (χ2v) is 35.8. The fraction of sp³-hybridized carbons (Fsp3) is 0.0870. The molecule has 0 amide bonds. The van der Waals surface area contributed by atoms with Crippen LogP contribution in [0.4, 0.5) is 0 Å². The molecule has 4 heteroatoms. The summed E-state index contributed by atoms with van der Waals surface area (Å²) in [6.07, 6.45) is 0. The molecule has 0 radical (unpaired) electrons. The van der Waals surface area contributed by atoms with Gasteiger partial charge in [0.25, 0.3) is 0 Å². The standard InChI is InChI=1S/2C22H17.C2H6Si.2ClH.Zr/c2*1-16-14-20-8-5-9-21(22(20)15-16)19-12-10-18(11-13-19)17-6-3-2-4-7-17;1-3-2;;;/h2*2-15H,1H3;1-2H3;2*1H;/q2*-1;;;;+2/p-2. The summed E-state index contributed by atoms with van der Waals surface area (Å²) < 4.78 is 0. The summed E-state index contributed by atoms with van der Waals surface area (Å²) in [5, 5.41) is 5.32. The molecule has 0 spiro atoms. The monoisotopic (exact) mass is 780 g/mol. The Morgan fingerprint density at radius 2 is 0.740 bits per heavy atom. The Labute approximate surface area is 312 Å². The number of hydrogen-bond donors (Lipinski definition) is 0. The molecular weight excluding hydrogens is 743 g/mol. The van der Waals surface area contributed by atoms with E-state index in [1.165, 1.54) is 77.2 Å². The van der Waals surface area contributed by atoms with Gasteiger partial charge in [-0.3, -0.25) is 0 Å². The van der Waals surface area contributed by atoms with Gasteiger partial charge in [-0.2, -0.15) is 12.1 Å². The molecule has 0 bridgehead atoms. The fourth-order valence-corrected chi connectivity index (χ4v) is 6.22. The Morgan fingerprint density at radius 1 is 0.420 bits per heavy atom. The summed E-state index contributed by atoms with van der Waals surface area (Å²) in [7, 11) is 11.2. The van der Waals surface area contributed by atoms with Crippen LogP contribution >= 0.6 is 17.0 Å². The summed E-state index contributed by atoms with van der Waals surface area (Å²) in [6.45, 7) is 8.64. The summed E-state index contributed by atoms with van der Waals surface area (Å²) in [5.41, 5.74) is 12.6. The van der Waals surface area contributed by atoms with Gasteiger partial charge in [-0.15, -0.1) is 69.1 Å². The van der Waals surface area contributed by atoms with Gasteiger partial charge in [-0.25, -0.2) is 0 Å². The van der Waals surface area contributed by atoms with Crippen LogP contribution in [-0.2, 0) is 18.0 Å². The third kappa shape index (κ3) is 8.92. The Kier molecular flexibility index (Phi) is 12.2. The van der Waals surface area contributed by atoms with E-state index in [0.717, 1.165) is 0 Å². The van der Waals surface area contributed by atoms with Crippen molar-refractivity contribution in [3.05, 3.63) is 181 Å². The molecule has 0 nitrogen and oxygen atoms in total. The smallest absolute Gasteiger partial charge is 0.0184 e. The van der Waals surface area contributed by atoms with Gasteiger partial charge in [-0.1, -0.05) is 146 Å². The summed E-state index contributed by atoms with van der Waals surface area (Å²) in [6, 6.07) is 60.8. The maximum absolute atomic E-state index is 5.62. The summed E-state index contributed by atoms with van der Waals surface area (Å²) in [5.74, 6) is 0. The van der Waals surface area contributed by atoms with Gasteiger partial charge in [0, 0.05) is 0 Å². The van der Waals surface area contributed by atoms with Crippen molar-refractivity contribution >= 4 is 44.0 Å². The van der Waals surface area contributed by atoms with Crippen LogP contribution in [-0.4, -0.2) is 5.43 Å². The molecule has 0 atom stereocenters. The van der Waals surface area contributed by atoms with Crippen molar-refractivity contribution in [3.8, 4) is 44.5 Å². The number of halogens is 2. The molecule has 50 heavy (non-hydrogen) atoms. The van der Waals surface area contributed by atoms with Gasteiger partial charge < -0.3 is 0 Å². The topological polar surface area (TPSA) is 0 Å². The second-order valence-electron chi connectivity index (χ2n) is 12.8. The van der Waals surface area contributed by atoms with E-state index >= 15 is 0 Å². The van der Waals surface area contributed by atoms with Gasteiger partial charge >= 0.3 is 53.5 Å². The van der Waals surface area contributed by atoms with E-state index in [2.05, 4.69) is 197 Å². The normalized spacial score (nSPS) is 10.6. The number of aryl methyl sites for hydroxylation is 2. The molecule has 0 fully saturated rings. The van der Waals surface area contributed by atoms with Gasteiger partial charge in [0.15, 0.2) is 0 Å². The third-order valence-electron chi connectivity index (χ3n) is 8.77. The Hall–Kier alpha value is -3.78. The first-order chi connectivity index (χ1) is 24.3. The molecule has 8 aromatic carbocycles. The first kappa shape index (κ1) is 36.0. The van der Waals surface area contributed by atoms with E-state index in [-0.39, 0.29) is 5.43 Å². The van der Waals surface area contributed by atoms with Crippen LogP contribution in [0.3, 0.4) is 0 Å². The number of benzene rings is 6. The molecular formula is C46H40Cl2SiZr-2. The van der Waals surface area contributed by atoms with Gasteiger partial charge in [-0.05, 0) is 33.4 Å². The number of rotatable bonds is 4. The number of fused-ring (bicyclic) bond motifs is 2. The van der Waals surface area contributed by atoms with Crippen LogP contribution in [0.15, 0.2) is 170 Å². The van der Waals surface area contributed by atoms with Crippen LogP contribution in [0.25, 0.3) is 66.1 Å². The first-order valence-electron chi connectivity index (χ1n) is 16.9. The van der Waals surface area contributed by atoms with E-state index in [0.29, 0.717) is 0 Å². The fourth-order valence-electron chi connectivity index (χ4n) is 6.22. The van der Waals surface area contributed by atoms with E-state index in [9.17, 15) is 0 Å². The van der Waals surface area contributed by atoms with Crippen molar-refractivity contribution in [1.29, 1.82) is 0 Å². The van der Waals surface area contributed by atoms with Crippen LogP contribution in [0, 0.1) is 13.8 Å². The van der Waals surface area contributed by atoms with Gasteiger partial charge in [0.05, 0.1) is 0 Å². The average Bonchev–Trinajstić information content (AvgIpc) is 3.74. The summed E-state index contributed by atoms with van der Waals surface area (Å²) >= 11 is -1.65. The Bertz CT molecular complexity index is 2170. The van der Waals surface area contributed by atoms with Gasteiger partial charge in [0.2, 0.25) is 0 Å². The minimum absolute atomic E-state index is 0.224. The van der Waals surface area contributed by atoms with Crippen molar-refractivity contribution in [2.45, 2.75) is 26.9 Å².